The van der Waals surface area contributed by atoms with E-state index in [4.69, 9.17) is 5.11 Å². The van der Waals surface area contributed by atoms with E-state index < -0.39 is 5.97 Å². The van der Waals surface area contributed by atoms with Gasteiger partial charge in [0.25, 0.3) is 5.91 Å². The SMILES string of the molecule is CN(CCC(=O)O)C(=O)c1csc2c1CCC(C(C)(C)C)C2. The number of hydrogen-bond donors (Lipinski definition) is 1. The maximum Gasteiger partial charge on any atom is 0.305 e. The van der Waals surface area contributed by atoms with E-state index in [2.05, 4.69) is 20.8 Å². The second kappa shape index (κ2) is 6.41. The first-order valence-electron chi connectivity index (χ1n) is 7.76. The fraction of sp³-hybridized carbons (Fsp3) is 0.647. The summed E-state index contributed by atoms with van der Waals surface area (Å²) in [7, 11) is 1.68. The Morgan fingerprint density at radius 3 is 2.68 bits per heavy atom. The van der Waals surface area contributed by atoms with Crippen LogP contribution in [0.1, 0.15) is 54.4 Å². The van der Waals surface area contributed by atoms with E-state index in [9.17, 15) is 9.59 Å². The van der Waals surface area contributed by atoms with Crippen molar-refractivity contribution < 1.29 is 14.7 Å². The van der Waals surface area contributed by atoms with Crippen molar-refractivity contribution >= 4 is 23.2 Å². The van der Waals surface area contributed by atoms with Crippen LogP contribution < -0.4 is 0 Å². The highest BCUT2D eigenvalue weighted by molar-refractivity contribution is 7.10. The van der Waals surface area contributed by atoms with E-state index in [1.54, 1.807) is 18.4 Å². The molecule has 1 aromatic rings. The summed E-state index contributed by atoms with van der Waals surface area (Å²) in [6, 6.07) is 0. The van der Waals surface area contributed by atoms with Crippen molar-refractivity contribution in [1.29, 1.82) is 0 Å². The number of carbonyl (C=O) groups is 2. The van der Waals surface area contributed by atoms with Gasteiger partial charge in [-0.25, -0.2) is 0 Å². The minimum atomic E-state index is -0.875. The fourth-order valence-electron chi connectivity index (χ4n) is 3.00. The lowest BCUT2D eigenvalue weighted by molar-refractivity contribution is -0.137. The predicted octanol–water partition coefficient (Wildman–Crippen LogP) is 3.45. The van der Waals surface area contributed by atoms with Gasteiger partial charge in [-0.3, -0.25) is 9.59 Å². The zero-order valence-corrected chi connectivity index (χ0v) is 14.6. The van der Waals surface area contributed by atoms with Crippen LogP contribution in [0.5, 0.6) is 0 Å². The molecule has 1 aliphatic rings. The Hall–Kier alpha value is -1.36. The molecule has 0 saturated heterocycles. The van der Waals surface area contributed by atoms with Gasteiger partial charge in [0.05, 0.1) is 12.0 Å². The molecule has 0 radical (unpaired) electrons. The highest BCUT2D eigenvalue weighted by atomic mass is 32.1. The van der Waals surface area contributed by atoms with Crippen molar-refractivity contribution in [1.82, 2.24) is 4.90 Å². The Morgan fingerprint density at radius 2 is 2.09 bits per heavy atom. The molecular weight excluding hydrogens is 298 g/mol. The molecule has 1 atom stereocenters. The van der Waals surface area contributed by atoms with E-state index in [0.717, 1.165) is 24.8 Å². The monoisotopic (exact) mass is 323 g/mol. The molecule has 0 saturated carbocycles. The predicted molar refractivity (Wildman–Crippen MR) is 88.5 cm³/mol. The third kappa shape index (κ3) is 3.69. The maximum absolute atomic E-state index is 12.5. The largest absolute Gasteiger partial charge is 0.481 e. The number of aliphatic carboxylic acids is 1. The lowest BCUT2D eigenvalue weighted by Crippen LogP contribution is -2.31. The van der Waals surface area contributed by atoms with Crippen LogP contribution in [-0.2, 0) is 17.6 Å². The molecule has 0 bridgehead atoms. The Balaban J connectivity index is 2.11. The van der Waals surface area contributed by atoms with Crippen LogP contribution in [-0.4, -0.2) is 35.5 Å². The Kier molecular flexibility index (Phi) is 4.95. The molecule has 0 aliphatic heterocycles. The molecule has 0 aromatic carbocycles. The third-order valence-electron chi connectivity index (χ3n) is 4.62. The minimum absolute atomic E-state index is 0.0132. The van der Waals surface area contributed by atoms with Gasteiger partial charge in [-0.05, 0) is 36.2 Å². The van der Waals surface area contributed by atoms with Crippen molar-refractivity contribution in [2.75, 3.05) is 13.6 Å². The van der Waals surface area contributed by atoms with Gasteiger partial charge in [0.1, 0.15) is 0 Å². The molecule has 1 heterocycles. The summed E-state index contributed by atoms with van der Waals surface area (Å²) in [6.45, 7) is 7.09. The van der Waals surface area contributed by atoms with Crippen molar-refractivity contribution in [3.8, 4) is 0 Å². The standard InChI is InChI=1S/C17H25NO3S/c1-17(2,3)11-5-6-12-13(10-22-14(12)9-11)16(21)18(4)8-7-15(19)20/h10-11H,5-9H2,1-4H3,(H,19,20). The zero-order chi connectivity index (χ0) is 16.5. The summed E-state index contributed by atoms with van der Waals surface area (Å²) < 4.78 is 0. The van der Waals surface area contributed by atoms with Gasteiger partial charge in [-0.1, -0.05) is 20.8 Å². The van der Waals surface area contributed by atoms with Crippen LogP contribution in [0.3, 0.4) is 0 Å². The van der Waals surface area contributed by atoms with Gasteiger partial charge in [0, 0.05) is 23.8 Å². The Labute approximate surface area is 136 Å². The first kappa shape index (κ1) is 17.0. The molecule has 5 heteroatoms. The maximum atomic E-state index is 12.5. The van der Waals surface area contributed by atoms with Crippen molar-refractivity contribution in [2.24, 2.45) is 11.3 Å². The van der Waals surface area contributed by atoms with Gasteiger partial charge in [0.15, 0.2) is 0 Å². The number of carboxylic acids is 1. The average Bonchev–Trinajstić information content (AvgIpc) is 2.85. The van der Waals surface area contributed by atoms with Gasteiger partial charge in [-0.2, -0.15) is 0 Å². The topological polar surface area (TPSA) is 57.6 Å². The number of hydrogen-bond acceptors (Lipinski definition) is 3. The van der Waals surface area contributed by atoms with Crippen molar-refractivity contribution in [3.63, 3.8) is 0 Å². The fourth-order valence-corrected chi connectivity index (χ4v) is 4.16. The van der Waals surface area contributed by atoms with Gasteiger partial charge < -0.3 is 10.0 Å². The van der Waals surface area contributed by atoms with Crippen LogP contribution in [0, 0.1) is 11.3 Å². The van der Waals surface area contributed by atoms with E-state index in [1.807, 2.05) is 5.38 Å². The van der Waals surface area contributed by atoms with E-state index in [1.165, 1.54) is 15.3 Å². The van der Waals surface area contributed by atoms with Crippen LogP contribution in [0.15, 0.2) is 5.38 Å². The lowest BCUT2D eigenvalue weighted by Gasteiger charge is -2.34. The Morgan fingerprint density at radius 1 is 1.41 bits per heavy atom. The molecule has 2 rings (SSSR count). The number of thiophene rings is 1. The summed E-state index contributed by atoms with van der Waals surface area (Å²) in [5.74, 6) is -0.265. The summed E-state index contributed by atoms with van der Waals surface area (Å²) in [5, 5.41) is 10.7. The Bertz CT molecular complexity index is 571. The molecule has 22 heavy (non-hydrogen) atoms. The smallest absolute Gasteiger partial charge is 0.305 e. The molecule has 0 fully saturated rings. The lowest BCUT2D eigenvalue weighted by atomic mass is 9.72. The number of amides is 1. The number of carbonyl (C=O) groups excluding carboxylic acids is 1. The van der Waals surface area contributed by atoms with Gasteiger partial charge in [0.2, 0.25) is 0 Å². The van der Waals surface area contributed by atoms with Gasteiger partial charge >= 0.3 is 5.97 Å². The van der Waals surface area contributed by atoms with E-state index in [-0.39, 0.29) is 18.9 Å². The molecule has 0 spiro atoms. The minimum Gasteiger partial charge on any atom is -0.481 e. The van der Waals surface area contributed by atoms with Crippen LogP contribution in [0.25, 0.3) is 0 Å². The number of fused-ring (bicyclic) bond motifs is 1. The molecule has 1 N–H and O–H groups in total. The summed E-state index contributed by atoms with van der Waals surface area (Å²) >= 11 is 1.68. The highest BCUT2D eigenvalue weighted by Crippen LogP contribution is 2.40. The molecular formula is C17H25NO3S. The van der Waals surface area contributed by atoms with Crippen LogP contribution in [0.2, 0.25) is 0 Å². The zero-order valence-electron chi connectivity index (χ0n) is 13.8. The van der Waals surface area contributed by atoms with Gasteiger partial charge in [-0.15, -0.1) is 11.3 Å². The molecule has 1 unspecified atom stereocenters. The highest BCUT2D eigenvalue weighted by Gasteiger charge is 2.32. The van der Waals surface area contributed by atoms with Crippen LogP contribution in [0.4, 0.5) is 0 Å². The molecule has 1 amide bonds. The normalized spacial score (nSPS) is 17.9. The first-order chi connectivity index (χ1) is 10.2. The van der Waals surface area contributed by atoms with Crippen molar-refractivity contribution in [3.05, 3.63) is 21.4 Å². The average molecular weight is 323 g/mol. The van der Waals surface area contributed by atoms with E-state index >= 15 is 0 Å². The summed E-state index contributed by atoms with van der Waals surface area (Å²) in [6.07, 6.45) is 3.11. The second-order valence-electron chi connectivity index (χ2n) is 7.23. The van der Waals surface area contributed by atoms with Crippen LogP contribution >= 0.6 is 11.3 Å². The molecule has 1 aliphatic carbocycles. The third-order valence-corrected chi connectivity index (χ3v) is 5.67. The number of carboxylic acid groups (broad SMARTS) is 1. The summed E-state index contributed by atoms with van der Waals surface area (Å²) in [5.41, 5.74) is 2.27. The van der Waals surface area contributed by atoms with Crippen molar-refractivity contribution in [2.45, 2.75) is 46.5 Å². The second-order valence-corrected chi connectivity index (χ2v) is 8.19. The first-order valence-corrected chi connectivity index (χ1v) is 8.64. The molecule has 122 valence electrons. The van der Waals surface area contributed by atoms with E-state index in [0.29, 0.717) is 11.3 Å². The number of nitrogens with zero attached hydrogens (tertiary/aromatic N) is 1. The number of rotatable bonds is 4. The summed E-state index contributed by atoms with van der Waals surface area (Å²) in [4.78, 5) is 26.0. The quantitative estimate of drug-likeness (QED) is 0.923. The molecule has 4 nitrogen and oxygen atoms in total. The molecule has 1 aromatic heterocycles.